The number of rotatable bonds is 4. The van der Waals surface area contributed by atoms with Gasteiger partial charge in [0.1, 0.15) is 0 Å². The first-order valence-electron chi connectivity index (χ1n) is 6.76. The van der Waals surface area contributed by atoms with Crippen molar-refractivity contribution in [2.75, 3.05) is 11.6 Å². The highest BCUT2D eigenvalue weighted by atomic mass is 32.2. The molecule has 0 aromatic heterocycles. The highest BCUT2D eigenvalue weighted by molar-refractivity contribution is 7.90. The normalized spacial score (nSPS) is 11.0. The fourth-order valence-electron chi connectivity index (χ4n) is 1.92. The molecule has 0 atom stereocenters. The number of nitrogens with one attached hydrogen (secondary N) is 2. The zero-order valence-corrected chi connectivity index (χ0v) is 14.1. The van der Waals surface area contributed by atoms with E-state index in [9.17, 15) is 8.42 Å². The van der Waals surface area contributed by atoms with E-state index in [4.69, 9.17) is 12.2 Å². The van der Waals surface area contributed by atoms with Gasteiger partial charge in [0.2, 0.25) is 0 Å². The van der Waals surface area contributed by atoms with E-state index in [0.29, 0.717) is 16.6 Å². The third-order valence-electron chi connectivity index (χ3n) is 3.20. The van der Waals surface area contributed by atoms with Crippen LogP contribution in [0.4, 0.5) is 5.69 Å². The number of para-hydroxylation sites is 1. The summed E-state index contributed by atoms with van der Waals surface area (Å²) < 4.78 is 22.8. The summed E-state index contributed by atoms with van der Waals surface area (Å²) >= 11 is 5.26. The Hall–Kier alpha value is -1.92. The zero-order valence-electron chi connectivity index (χ0n) is 12.5. The number of hydrogen-bond donors (Lipinski definition) is 2. The van der Waals surface area contributed by atoms with Crippen molar-refractivity contribution < 1.29 is 8.42 Å². The third kappa shape index (κ3) is 4.54. The molecule has 0 aliphatic heterocycles. The second-order valence-electron chi connectivity index (χ2n) is 5.04. The monoisotopic (exact) mass is 334 g/mol. The van der Waals surface area contributed by atoms with Gasteiger partial charge in [0.05, 0.1) is 4.90 Å². The Morgan fingerprint density at radius 2 is 1.73 bits per heavy atom. The van der Waals surface area contributed by atoms with Gasteiger partial charge in [-0.15, -0.1) is 0 Å². The summed E-state index contributed by atoms with van der Waals surface area (Å²) in [5.41, 5.74) is 3.04. The van der Waals surface area contributed by atoms with E-state index in [1.54, 1.807) is 24.3 Å². The molecule has 0 unspecified atom stereocenters. The van der Waals surface area contributed by atoms with Gasteiger partial charge in [-0.25, -0.2) is 8.42 Å². The molecule has 0 bridgehead atoms. The second kappa shape index (κ2) is 6.89. The van der Waals surface area contributed by atoms with E-state index in [1.165, 1.54) is 6.26 Å². The van der Waals surface area contributed by atoms with Crippen molar-refractivity contribution in [1.29, 1.82) is 0 Å². The average molecular weight is 334 g/mol. The maximum absolute atomic E-state index is 11.4. The summed E-state index contributed by atoms with van der Waals surface area (Å²) in [7, 11) is -3.15. The molecule has 0 heterocycles. The fourth-order valence-corrected chi connectivity index (χ4v) is 2.73. The molecule has 0 spiro atoms. The van der Waals surface area contributed by atoms with Crippen LogP contribution in [0.1, 0.15) is 11.1 Å². The van der Waals surface area contributed by atoms with Crippen molar-refractivity contribution in [2.45, 2.75) is 18.4 Å². The van der Waals surface area contributed by atoms with Crippen molar-refractivity contribution in [3.63, 3.8) is 0 Å². The van der Waals surface area contributed by atoms with Crippen molar-refractivity contribution in [3.8, 4) is 0 Å². The minimum absolute atomic E-state index is 0.317. The molecule has 22 heavy (non-hydrogen) atoms. The molecular weight excluding hydrogens is 316 g/mol. The summed E-state index contributed by atoms with van der Waals surface area (Å²) in [6.45, 7) is 2.54. The minimum Gasteiger partial charge on any atom is -0.358 e. The molecule has 2 aromatic carbocycles. The predicted octanol–water partition coefficient (Wildman–Crippen LogP) is 2.89. The summed E-state index contributed by atoms with van der Waals surface area (Å²) in [6, 6.07) is 14.6. The van der Waals surface area contributed by atoms with Gasteiger partial charge in [0.25, 0.3) is 0 Å². The van der Waals surface area contributed by atoms with Crippen molar-refractivity contribution in [2.24, 2.45) is 0 Å². The van der Waals surface area contributed by atoms with Crippen LogP contribution in [0.2, 0.25) is 0 Å². The highest BCUT2D eigenvalue weighted by Gasteiger charge is 2.06. The molecule has 0 saturated heterocycles. The molecule has 2 aromatic rings. The maximum Gasteiger partial charge on any atom is 0.175 e. The molecule has 6 heteroatoms. The van der Waals surface area contributed by atoms with Gasteiger partial charge < -0.3 is 10.6 Å². The number of anilines is 1. The molecule has 0 aliphatic rings. The van der Waals surface area contributed by atoms with Crippen LogP contribution in [0.3, 0.4) is 0 Å². The molecule has 116 valence electrons. The smallest absolute Gasteiger partial charge is 0.175 e. The lowest BCUT2D eigenvalue weighted by Crippen LogP contribution is -2.28. The quantitative estimate of drug-likeness (QED) is 0.842. The van der Waals surface area contributed by atoms with Gasteiger partial charge in [-0.3, -0.25) is 0 Å². The molecule has 2 rings (SSSR count). The molecule has 4 nitrogen and oxygen atoms in total. The van der Waals surface area contributed by atoms with Crippen LogP contribution in [0.15, 0.2) is 53.4 Å². The first kappa shape index (κ1) is 16.5. The van der Waals surface area contributed by atoms with Crippen molar-refractivity contribution in [3.05, 3.63) is 59.7 Å². The van der Waals surface area contributed by atoms with Crippen LogP contribution in [0.25, 0.3) is 0 Å². The van der Waals surface area contributed by atoms with E-state index in [0.717, 1.165) is 16.8 Å². The van der Waals surface area contributed by atoms with E-state index >= 15 is 0 Å². The summed E-state index contributed by atoms with van der Waals surface area (Å²) in [5.74, 6) is 0. The largest absolute Gasteiger partial charge is 0.358 e. The van der Waals surface area contributed by atoms with Crippen LogP contribution < -0.4 is 10.6 Å². The Kier molecular flexibility index (Phi) is 5.15. The van der Waals surface area contributed by atoms with E-state index in [2.05, 4.69) is 10.6 Å². The van der Waals surface area contributed by atoms with Crippen LogP contribution in [0, 0.1) is 6.92 Å². The van der Waals surface area contributed by atoms with Gasteiger partial charge in [-0.1, -0.05) is 30.3 Å². The standard InChI is InChI=1S/C16H18N2O2S2/c1-12-5-3-4-6-15(12)18-16(21)17-11-13-7-9-14(10-8-13)22(2,19)20/h3-10H,11H2,1-2H3,(H2,17,18,21). The van der Waals surface area contributed by atoms with Gasteiger partial charge in [-0.2, -0.15) is 0 Å². The molecule has 0 saturated carbocycles. The summed E-state index contributed by atoms with van der Waals surface area (Å²) in [6.07, 6.45) is 1.20. The zero-order chi connectivity index (χ0) is 16.2. The maximum atomic E-state index is 11.4. The molecule has 0 radical (unpaired) electrons. The Labute approximate surface area is 136 Å². The van der Waals surface area contributed by atoms with Crippen LogP contribution >= 0.6 is 12.2 Å². The Bertz CT molecular complexity index is 769. The van der Waals surface area contributed by atoms with Crippen LogP contribution in [0.5, 0.6) is 0 Å². The van der Waals surface area contributed by atoms with Gasteiger partial charge in [0.15, 0.2) is 14.9 Å². The lowest BCUT2D eigenvalue weighted by Gasteiger charge is -2.12. The van der Waals surface area contributed by atoms with E-state index < -0.39 is 9.84 Å². The first-order chi connectivity index (χ1) is 10.4. The number of sulfone groups is 1. The lowest BCUT2D eigenvalue weighted by atomic mass is 10.2. The van der Waals surface area contributed by atoms with Crippen LogP contribution in [-0.2, 0) is 16.4 Å². The van der Waals surface area contributed by atoms with Crippen molar-refractivity contribution >= 4 is 32.9 Å². The highest BCUT2D eigenvalue weighted by Crippen LogP contribution is 2.13. The molecule has 0 aliphatic carbocycles. The molecule has 2 N–H and O–H groups in total. The van der Waals surface area contributed by atoms with Gasteiger partial charge in [-0.05, 0) is 48.5 Å². The number of benzene rings is 2. The summed E-state index contributed by atoms with van der Waals surface area (Å²) in [4.78, 5) is 0.317. The lowest BCUT2D eigenvalue weighted by molar-refractivity contribution is 0.602. The third-order valence-corrected chi connectivity index (χ3v) is 4.57. The number of aryl methyl sites for hydroxylation is 1. The van der Waals surface area contributed by atoms with E-state index in [-0.39, 0.29) is 0 Å². The molecule has 0 fully saturated rings. The summed E-state index contributed by atoms with van der Waals surface area (Å²) in [5, 5.41) is 6.77. The topological polar surface area (TPSA) is 58.2 Å². The Morgan fingerprint density at radius 1 is 1.09 bits per heavy atom. The molecule has 0 amide bonds. The fraction of sp³-hybridized carbons (Fsp3) is 0.188. The van der Waals surface area contributed by atoms with Crippen molar-refractivity contribution in [1.82, 2.24) is 5.32 Å². The number of hydrogen-bond acceptors (Lipinski definition) is 3. The minimum atomic E-state index is -3.15. The SMILES string of the molecule is Cc1ccccc1NC(=S)NCc1ccc(S(C)(=O)=O)cc1. The van der Waals surface area contributed by atoms with Gasteiger partial charge in [0, 0.05) is 18.5 Å². The van der Waals surface area contributed by atoms with Gasteiger partial charge >= 0.3 is 0 Å². The Balaban J connectivity index is 1.93. The number of thiocarbonyl (C=S) groups is 1. The Morgan fingerprint density at radius 3 is 2.32 bits per heavy atom. The first-order valence-corrected chi connectivity index (χ1v) is 9.06. The average Bonchev–Trinajstić information content (AvgIpc) is 2.47. The predicted molar refractivity (Wildman–Crippen MR) is 93.8 cm³/mol. The molecular formula is C16H18N2O2S2. The van der Waals surface area contributed by atoms with Crippen LogP contribution in [-0.4, -0.2) is 19.8 Å². The second-order valence-corrected chi connectivity index (χ2v) is 7.46. The van der Waals surface area contributed by atoms with E-state index in [1.807, 2.05) is 31.2 Å².